The molecule has 0 amide bonds. The van der Waals surface area contributed by atoms with Crippen LogP contribution in [-0.2, 0) is 19.6 Å². The summed E-state index contributed by atoms with van der Waals surface area (Å²) in [5, 5.41) is 0. The highest BCUT2D eigenvalue weighted by atomic mass is 15.0. The molecule has 63 heavy (non-hydrogen) atoms. The predicted octanol–water partition coefficient (Wildman–Crippen LogP) is 12.9. The molecule has 3 aromatic heterocycles. The largest absolute Gasteiger partial charge is 0.213 e. The van der Waals surface area contributed by atoms with Crippen molar-refractivity contribution < 1.29 is 13.7 Å². The quantitative estimate of drug-likeness (QED) is 0.157. The Hall–Kier alpha value is -7.23. The van der Waals surface area contributed by atoms with Crippen molar-refractivity contribution >= 4 is 0 Å². The molecule has 9 aromatic rings. The van der Waals surface area contributed by atoms with E-state index in [1.807, 2.05) is 0 Å². The Bertz CT molecular complexity index is 3210. The molecule has 3 nitrogen and oxygen atoms in total. The van der Waals surface area contributed by atoms with Crippen molar-refractivity contribution in [2.75, 3.05) is 0 Å². The third-order valence-electron chi connectivity index (χ3n) is 12.9. The van der Waals surface area contributed by atoms with Crippen LogP contribution in [0, 0.1) is 41.5 Å². The summed E-state index contributed by atoms with van der Waals surface area (Å²) in [7, 11) is 0. The zero-order valence-electron chi connectivity index (χ0n) is 37.3. The number of aromatic nitrogens is 3. The molecule has 3 aliphatic rings. The summed E-state index contributed by atoms with van der Waals surface area (Å²) in [6, 6.07) is 59.9. The van der Waals surface area contributed by atoms with Crippen LogP contribution in [0.4, 0.5) is 0 Å². The molecule has 0 radical (unpaired) electrons. The molecule has 0 saturated heterocycles. The Balaban J connectivity index is 0.000000112. The van der Waals surface area contributed by atoms with E-state index in [-0.39, 0.29) is 0 Å². The average molecular weight is 817 g/mol. The molecule has 306 valence electrons. The predicted molar refractivity (Wildman–Crippen MR) is 258 cm³/mol. The van der Waals surface area contributed by atoms with E-state index in [1.165, 1.54) is 117 Å². The van der Waals surface area contributed by atoms with Gasteiger partial charge in [0.2, 0.25) is 17.1 Å². The van der Waals surface area contributed by atoms with Gasteiger partial charge >= 0.3 is 0 Å². The number of hydrogen-bond acceptors (Lipinski definition) is 0. The first-order valence-electron chi connectivity index (χ1n) is 22.2. The van der Waals surface area contributed by atoms with E-state index in [9.17, 15) is 0 Å². The van der Waals surface area contributed by atoms with Crippen molar-refractivity contribution in [2.45, 2.75) is 61.2 Å². The number of hydrogen-bond donors (Lipinski definition) is 0. The van der Waals surface area contributed by atoms with Crippen molar-refractivity contribution in [3.63, 3.8) is 0 Å². The summed E-state index contributed by atoms with van der Waals surface area (Å²) < 4.78 is 7.04. The van der Waals surface area contributed by atoms with Crippen molar-refractivity contribution in [3.05, 3.63) is 232 Å². The summed E-state index contributed by atoms with van der Waals surface area (Å²) in [4.78, 5) is 0. The number of nitrogens with zero attached hydrogens (tertiary/aromatic N) is 3. The van der Waals surface area contributed by atoms with Crippen LogP contribution in [0.15, 0.2) is 182 Å². The molecule has 0 spiro atoms. The number of pyridine rings is 3. The zero-order chi connectivity index (χ0) is 43.2. The van der Waals surface area contributed by atoms with Gasteiger partial charge < -0.3 is 0 Å². The normalized spacial score (nSPS) is 12.1. The van der Waals surface area contributed by atoms with Gasteiger partial charge in [0, 0.05) is 51.6 Å². The number of aryl methyl sites for hydroxylation is 6. The summed E-state index contributed by atoms with van der Waals surface area (Å²) in [5.41, 5.74) is 28.0. The van der Waals surface area contributed by atoms with Crippen LogP contribution in [-0.4, -0.2) is 0 Å². The van der Waals surface area contributed by atoms with Crippen molar-refractivity contribution in [1.82, 2.24) is 0 Å². The molecule has 0 N–H and O–H groups in total. The first-order valence-corrected chi connectivity index (χ1v) is 22.2. The van der Waals surface area contributed by atoms with E-state index in [1.54, 1.807) is 0 Å². The van der Waals surface area contributed by atoms with E-state index in [2.05, 4.69) is 238 Å². The van der Waals surface area contributed by atoms with Gasteiger partial charge in [0.25, 0.3) is 0 Å². The van der Waals surface area contributed by atoms with Gasteiger partial charge in [0.15, 0.2) is 38.2 Å². The summed E-state index contributed by atoms with van der Waals surface area (Å²) in [6.45, 7) is 15.8. The lowest BCUT2D eigenvalue weighted by Crippen LogP contribution is -2.32. The van der Waals surface area contributed by atoms with Gasteiger partial charge in [-0.1, -0.05) is 120 Å². The standard InChI is InChI=1S/3C20H18N/c1-14-3-6-16(7-4-14)17-8-9-18-13-21-12-15(2)5-10-20(21)19(18)11-17;1-14-4-3-5-16(10-14)17-7-8-18-13-21-12-15(2)6-9-20(21)19(18)11-17;1-14-7-10-20-19-11-16(18-6-4-3-5-15(18)2)8-9-17(19)13-21(20)12-14/h3*3-12H,13H2,1-2H3/q3*+1. The number of fused-ring (bicyclic) bond motifs is 9. The van der Waals surface area contributed by atoms with Crippen molar-refractivity contribution in [1.29, 1.82) is 0 Å². The van der Waals surface area contributed by atoms with Crippen LogP contribution in [0.2, 0.25) is 0 Å². The molecule has 6 heterocycles. The summed E-state index contributed by atoms with van der Waals surface area (Å²) >= 11 is 0. The highest BCUT2D eigenvalue weighted by molar-refractivity contribution is 5.77. The van der Waals surface area contributed by atoms with Crippen LogP contribution in [0.5, 0.6) is 0 Å². The summed E-state index contributed by atoms with van der Waals surface area (Å²) in [5.74, 6) is 0. The Kier molecular flexibility index (Phi) is 10.5. The molecule has 0 aliphatic carbocycles. The highest BCUT2D eigenvalue weighted by Gasteiger charge is 2.28. The third-order valence-corrected chi connectivity index (χ3v) is 12.9. The second kappa shape index (κ2) is 16.6. The van der Waals surface area contributed by atoms with Crippen LogP contribution in [0.25, 0.3) is 67.2 Å². The monoisotopic (exact) mass is 816 g/mol. The molecule has 12 rings (SSSR count). The maximum absolute atomic E-state index is 2.35. The maximum Gasteiger partial charge on any atom is 0.213 e. The van der Waals surface area contributed by atoms with E-state index in [0.717, 1.165) is 19.6 Å². The molecule has 6 aromatic carbocycles. The fourth-order valence-corrected chi connectivity index (χ4v) is 9.52. The molecular weight excluding hydrogens is 763 g/mol. The van der Waals surface area contributed by atoms with Gasteiger partial charge in [-0.2, -0.15) is 13.7 Å². The lowest BCUT2D eigenvalue weighted by atomic mass is 9.96. The second-order valence-corrected chi connectivity index (χ2v) is 17.8. The van der Waals surface area contributed by atoms with E-state index >= 15 is 0 Å². The highest BCUT2D eigenvalue weighted by Crippen LogP contribution is 2.35. The minimum absolute atomic E-state index is 0.987. The third kappa shape index (κ3) is 8.04. The lowest BCUT2D eigenvalue weighted by molar-refractivity contribution is -0.672. The Morgan fingerprint density at radius 2 is 0.698 bits per heavy atom. The van der Waals surface area contributed by atoms with E-state index in [4.69, 9.17) is 0 Å². The molecule has 0 saturated carbocycles. The number of benzene rings is 6. The molecule has 0 fully saturated rings. The van der Waals surface area contributed by atoms with E-state index in [0.29, 0.717) is 0 Å². The van der Waals surface area contributed by atoms with Gasteiger partial charge in [-0.05, 0) is 117 Å². The fourth-order valence-electron chi connectivity index (χ4n) is 9.52. The van der Waals surface area contributed by atoms with Gasteiger partial charge in [-0.15, -0.1) is 0 Å². The van der Waals surface area contributed by atoms with Gasteiger partial charge in [-0.3, -0.25) is 0 Å². The van der Waals surface area contributed by atoms with Gasteiger partial charge in [-0.25, -0.2) is 0 Å². The number of rotatable bonds is 3. The Morgan fingerprint density at radius 1 is 0.286 bits per heavy atom. The van der Waals surface area contributed by atoms with Crippen LogP contribution in [0.1, 0.15) is 50.1 Å². The molecule has 3 heteroatoms. The Labute approximate surface area is 372 Å². The molecule has 0 atom stereocenters. The first-order chi connectivity index (χ1) is 30.6. The smallest absolute Gasteiger partial charge is 0.194 e. The average Bonchev–Trinajstić information content (AvgIpc) is 3.96. The van der Waals surface area contributed by atoms with Crippen molar-refractivity contribution in [3.8, 4) is 67.2 Å². The molecule has 0 unspecified atom stereocenters. The topological polar surface area (TPSA) is 11.6 Å². The zero-order valence-corrected chi connectivity index (χ0v) is 37.3. The Morgan fingerprint density at radius 3 is 1.19 bits per heavy atom. The fraction of sp³-hybridized carbons (Fsp3) is 0.150. The SMILES string of the molecule is Cc1ccc(-c2ccc3c(c2)-c2ccc(C)c[n+]2C3)cc1.Cc1ccc2[n+](c1)Cc1ccc(-c3ccccc3C)cc1-2.Cc1cccc(-c2ccc3c(c2)-c2ccc(C)c[n+]2C3)c1. The lowest BCUT2D eigenvalue weighted by Gasteiger charge is -2.06. The van der Waals surface area contributed by atoms with Gasteiger partial charge in [0.05, 0.1) is 16.7 Å². The summed E-state index contributed by atoms with van der Waals surface area (Å²) in [6.07, 6.45) is 6.71. The minimum atomic E-state index is 0.987. The van der Waals surface area contributed by atoms with Crippen LogP contribution in [0.3, 0.4) is 0 Å². The molecule has 3 aliphatic heterocycles. The van der Waals surface area contributed by atoms with Crippen molar-refractivity contribution in [2.24, 2.45) is 0 Å². The maximum atomic E-state index is 2.35. The van der Waals surface area contributed by atoms with Crippen LogP contribution >= 0.6 is 0 Å². The first kappa shape index (κ1) is 39.9. The second-order valence-electron chi connectivity index (χ2n) is 17.8. The van der Waals surface area contributed by atoms with E-state index < -0.39 is 0 Å². The minimum Gasteiger partial charge on any atom is -0.194 e. The van der Waals surface area contributed by atoms with Crippen LogP contribution < -0.4 is 13.7 Å². The molecule has 0 bridgehead atoms. The van der Waals surface area contributed by atoms with Gasteiger partial charge in [0.1, 0.15) is 0 Å². The molecular formula is C60H54N3+3.